The number of benzene rings is 2. The predicted octanol–water partition coefficient (Wildman–Crippen LogP) is 4.39. The van der Waals surface area contributed by atoms with Crippen LogP contribution >= 0.6 is 0 Å². The van der Waals surface area contributed by atoms with Crippen LogP contribution in [-0.2, 0) is 6.42 Å². The molecule has 1 nitrogen and oxygen atoms in total. The lowest BCUT2D eigenvalue weighted by Gasteiger charge is -2.29. The summed E-state index contributed by atoms with van der Waals surface area (Å²) in [6.45, 7) is 4.55. The lowest BCUT2D eigenvalue weighted by molar-refractivity contribution is 0.380. The first-order valence-electron chi connectivity index (χ1n) is 7.56. The number of hydrogen-bond donors (Lipinski definition) is 1. The summed E-state index contributed by atoms with van der Waals surface area (Å²) in [5.41, 5.74) is 9.25. The van der Waals surface area contributed by atoms with Gasteiger partial charge in [-0.1, -0.05) is 80.9 Å². The van der Waals surface area contributed by atoms with Crippen molar-refractivity contribution in [3.05, 3.63) is 71.8 Å². The molecule has 0 radical (unpaired) electrons. The lowest BCUT2D eigenvalue weighted by Crippen LogP contribution is -2.34. The largest absolute Gasteiger partial charge is 0.327 e. The monoisotopic (exact) mass is 267 g/mol. The zero-order valence-electron chi connectivity index (χ0n) is 12.5. The topological polar surface area (TPSA) is 26.0 Å². The third-order valence-corrected chi connectivity index (χ3v) is 4.22. The molecule has 3 atom stereocenters. The minimum absolute atomic E-state index is 0.162. The molecule has 1 heteroatoms. The minimum Gasteiger partial charge on any atom is -0.327 e. The highest BCUT2D eigenvalue weighted by Crippen LogP contribution is 2.30. The van der Waals surface area contributed by atoms with E-state index in [1.165, 1.54) is 11.1 Å². The number of nitrogens with two attached hydrogens (primary N) is 1. The van der Waals surface area contributed by atoms with Gasteiger partial charge < -0.3 is 5.73 Å². The van der Waals surface area contributed by atoms with Crippen molar-refractivity contribution in [3.8, 4) is 0 Å². The van der Waals surface area contributed by atoms with Crippen molar-refractivity contribution in [2.75, 3.05) is 0 Å². The molecule has 0 bridgehead atoms. The predicted molar refractivity (Wildman–Crippen MR) is 86.8 cm³/mol. The molecule has 2 aromatic rings. The van der Waals surface area contributed by atoms with Gasteiger partial charge in [-0.25, -0.2) is 0 Å². The minimum atomic E-state index is 0.162. The molecule has 0 spiro atoms. The van der Waals surface area contributed by atoms with Crippen LogP contribution in [0, 0.1) is 5.92 Å². The SMILES string of the molecule is CCC(C)C(c1ccccc1)C(N)Cc1ccccc1. The van der Waals surface area contributed by atoms with Crippen LogP contribution in [0.1, 0.15) is 37.3 Å². The molecule has 0 aliphatic carbocycles. The van der Waals surface area contributed by atoms with Crippen LogP contribution in [0.5, 0.6) is 0 Å². The molecule has 0 heterocycles. The fraction of sp³-hybridized carbons (Fsp3) is 0.368. The van der Waals surface area contributed by atoms with Gasteiger partial charge in [-0.2, -0.15) is 0 Å². The van der Waals surface area contributed by atoms with Crippen LogP contribution < -0.4 is 5.73 Å². The van der Waals surface area contributed by atoms with E-state index in [0.29, 0.717) is 11.8 Å². The molecule has 0 fully saturated rings. The van der Waals surface area contributed by atoms with Crippen molar-refractivity contribution >= 4 is 0 Å². The van der Waals surface area contributed by atoms with Crippen molar-refractivity contribution in [3.63, 3.8) is 0 Å². The van der Waals surface area contributed by atoms with Crippen molar-refractivity contribution in [2.45, 2.75) is 38.6 Å². The maximum atomic E-state index is 6.56. The Kier molecular flexibility index (Phi) is 5.37. The molecule has 3 unspecified atom stereocenters. The Morgan fingerprint density at radius 2 is 1.45 bits per heavy atom. The summed E-state index contributed by atoms with van der Waals surface area (Å²) in [6.07, 6.45) is 2.09. The van der Waals surface area contributed by atoms with Crippen LogP contribution in [0.15, 0.2) is 60.7 Å². The van der Waals surface area contributed by atoms with Gasteiger partial charge >= 0.3 is 0 Å². The second-order valence-electron chi connectivity index (χ2n) is 5.68. The average molecular weight is 267 g/mol. The van der Waals surface area contributed by atoms with E-state index in [2.05, 4.69) is 74.5 Å². The smallest absolute Gasteiger partial charge is 0.0151 e. The molecule has 2 aromatic carbocycles. The van der Waals surface area contributed by atoms with Crippen molar-refractivity contribution in [1.29, 1.82) is 0 Å². The highest BCUT2D eigenvalue weighted by atomic mass is 14.7. The third-order valence-electron chi connectivity index (χ3n) is 4.22. The quantitative estimate of drug-likeness (QED) is 0.825. The molecular weight excluding hydrogens is 242 g/mol. The van der Waals surface area contributed by atoms with Crippen LogP contribution in [0.25, 0.3) is 0 Å². The Labute approximate surface area is 122 Å². The summed E-state index contributed by atoms with van der Waals surface area (Å²) in [4.78, 5) is 0. The van der Waals surface area contributed by atoms with Gasteiger partial charge in [0.15, 0.2) is 0 Å². The highest BCUT2D eigenvalue weighted by molar-refractivity contribution is 5.24. The van der Waals surface area contributed by atoms with Gasteiger partial charge in [0, 0.05) is 12.0 Å². The maximum Gasteiger partial charge on any atom is 0.0151 e. The Morgan fingerprint density at radius 3 is 2.00 bits per heavy atom. The Balaban J connectivity index is 2.19. The fourth-order valence-corrected chi connectivity index (χ4v) is 2.94. The molecule has 0 aliphatic heterocycles. The lowest BCUT2D eigenvalue weighted by atomic mass is 9.78. The molecule has 0 aliphatic rings. The Bertz CT molecular complexity index is 492. The van der Waals surface area contributed by atoms with Crippen molar-refractivity contribution < 1.29 is 0 Å². The summed E-state index contributed by atoms with van der Waals surface area (Å²) >= 11 is 0. The fourth-order valence-electron chi connectivity index (χ4n) is 2.94. The van der Waals surface area contributed by atoms with Gasteiger partial charge in [0.1, 0.15) is 0 Å². The van der Waals surface area contributed by atoms with Crippen molar-refractivity contribution in [1.82, 2.24) is 0 Å². The third kappa shape index (κ3) is 3.71. The summed E-state index contributed by atoms with van der Waals surface area (Å²) in [7, 11) is 0. The van der Waals surface area contributed by atoms with Crippen LogP contribution in [0.2, 0.25) is 0 Å². The van der Waals surface area contributed by atoms with Crippen LogP contribution in [0.4, 0.5) is 0 Å². The van der Waals surface area contributed by atoms with Gasteiger partial charge in [0.05, 0.1) is 0 Å². The first-order chi connectivity index (χ1) is 9.72. The summed E-state index contributed by atoms with van der Waals surface area (Å²) in [6, 6.07) is 21.4. The normalized spacial score (nSPS) is 15.6. The van der Waals surface area contributed by atoms with Gasteiger partial charge in [0.2, 0.25) is 0 Å². The summed E-state index contributed by atoms with van der Waals surface area (Å²) in [5, 5.41) is 0. The van der Waals surface area contributed by atoms with E-state index in [1.54, 1.807) is 0 Å². The second kappa shape index (κ2) is 7.25. The summed E-state index contributed by atoms with van der Waals surface area (Å²) < 4.78 is 0. The molecule has 20 heavy (non-hydrogen) atoms. The highest BCUT2D eigenvalue weighted by Gasteiger charge is 2.24. The van der Waals surface area contributed by atoms with Crippen LogP contribution in [0.3, 0.4) is 0 Å². The van der Waals surface area contributed by atoms with E-state index in [4.69, 9.17) is 5.73 Å². The van der Waals surface area contributed by atoms with E-state index in [1.807, 2.05) is 0 Å². The van der Waals surface area contributed by atoms with Gasteiger partial charge in [-0.15, -0.1) is 0 Å². The van der Waals surface area contributed by atoms with Gasteiger partial charge in [-0.05, 0) is 23.5 Å². The molecule has 0 amide bonds. The number of rotatable bonds is 6. The zero-order chi connectivity index (χ0) is 14.4. The molecular formula is C19H25N. The van der Waals surface area contributed by atoms with Gasteiger partial charge in [-0.3, -0.25) is 0 Å². The van der Waals surface area contributed by atoms with Crippen LogP contribution in [-0.4, -0.2) is 6.04 Å². The standard InChI is InChI=1S/C19H25N/c1-3-15(2)19(17-12-8-5-9-13-17)18(20)14-16-10-6-4-7-11-16/h4-13,15,18-19H,3,14,20H2,1-2H3. The molecule has 0 saturated heterocycles. The first kappa shape index (κ1) is 14.8. The van der Waals surface area contributed by atoms with E-state index in [0.717, 1.165) is 12.8 Å². The zero-order valence-corrected chi connectivity index (χ0v) is 12.5. The second-order valence-corrected chi connectivity index (χ2v) is 5.68. The van der Waals surface area contributed by atoms with E-state index >= 15 is 0 Å². The number of hydrogen-bond acceptors (Lipinski definition) is 1. The molecule has 0 saturated carbocycles. The summed E-state index contributed by atoms with van der Waals surface area (Å²) in [5.74, 6) is 1.01. The molecule has 2 rings (SSSR count). The van der Waals surface area contributed by atoms with Crippen molar-refractivity contribution in [2.24, 2.45) is 11.7 Å². The molecule has 2 N–H and O–H groups in total. The Hall–Kier alpha value is -1.60. The molecule has 106 valence electrons. The van der Waals surface area contributed by atoms with E-state index in [9.17, 15) is 0 Å². The Morgan fingerprint density at radius 1 is 0.900 bits per heavy atom. The first-order valence-corrected chi connectivity index (χ1v) is 7.56. The van der Waals surface area contributed by atoms with E-state index < -0.39 is 0 Å². The van der Waals surface area contributed by atoms with Gasteiger partial charge in [0.25, 0.3) is 0 Å². The van der Waals surface area contributed by atoms with E-state index in [-0.39, 0.29) is 6.04 Å². The molecule has 0 aromatic heterocycles. The average Bonchev–Trinajstić information content (AvgIpc) is 2.49. The maximum absolute atomic E-state index is 6.56.